The Kier molecular flexibility index (Phi) is 5.57. The van der Waals surface area contributed by atoms with E-state index in [-0.39, 0.29) is 30.8 Å². The number of carbonyl (C=O) groups is 3. The number of halogens is 1. The maximum absolute atomic E-state index is 13.1. The molecule has 0 bridgehead atoms. The van der Waals surface area contributed by atoms with Crippen LogP contribution in [0.1, 0.15) is 39.0 Å². The van der Waals surface area contributed by atoms with Crippen molar-refractivity contribution >= 4 is 52.1 Å². The Morgan fingerprint density at radius 3 is 2.62 bits per heavy atom. The van der Waals surface area contributed by atoms with Crippen molar-refractivity contribution in [1.29, 1.82) is 0 Å². The molecule has 7 nitrogen and oxygen atoms in total. The summed E-state index contributed by atoms with van der Waals surface area (Å²) in [5, 5.41) is 4.06. The highest BCUT2D eigenvalue weighted by atomic mass is 35.5. The van der Waals surface area contributed by atoms with Crippen molar-refractivity contribution < 1.29 is 14.4 Å². The number of rotatable bonds is 4. The van der Waals surface area contributed by atoms with Crippen molar-refractivity contribution in [1.82, 2.24) is 10.2 Å². The van der Waals surface area contributed by atoms with Gasteiger partial charge in [-0.15, -0.1) is 0 Å². The Labute approximate surface area is 178 Å². The molecule has 2 heterocycles. The number of aliphatic imine (C=N–C) groups is 1. The number of amides is 4. The minimum Gasteiger partial charge on any atom is -0.323 e. The number of nitrogens with one attached hydrogen (secondary N) is 1. The fourth-order valence-corrected chi connectivity index (χ4v) is 5.23. The molecule has 29 heavy (non-hydrogen) atoms. The zero-order valence-corrected chi connectivity index (χ0v) is 17.8. The lowest BCUT2D eigenvalue weighted by atomic mass is 9.98. The van der Waals surface area contributed by atoms with Gasteiger partial charge in [-0.25, -0.2) is 4.79 Å². The Hall–Kier alpha value is -2.06. The molecule has 0 radical (unpaired) electrons. The average molecular weight is 435 g/mol. The molecular formula is C20H23ClN4O3S. The summed E-state index contributed by atoms with van der Waals surface area (Å²) in [7, 11) is 0. The van der Waals surface area contributed by atoms with E-state index in [0.29, 0.717) is 28.7 Å². The normalized spacial score (nSPS) is 22.9. The Bertz CT molecular complexity index is 867. The number of anilines is 1. The van der Waals surface area contributed by atoms with Gasteiger partial charge in [0.1, 0.15) is 5.54 Å². The highest BCUT2D eigenvalue weighted by Crippen LogP contribution is 2.35. The Morgan fingerprint density at radius 2 is 2.00 bits per heavy atom. The SMILES string of the molecule is CC1CSC(N(C(=O)CCN2C(=O)NC3(CCCC3)C2=O)c2ccc(Cl)cc2)=N1. The van der Waals surface area contributed by atoms with Crippen molar-refractivity contribution in [2.45, 2.75) is 50.6 Å². The second-order valence-electron chi connectivity index (χ2n) is 7.70. The molecule has 1 N–H and O–H groups in total. The van der Waals surface area contributed by atoms with Crippen molar-refractivity contribution in [3.05, 3.63) is 29.3 Å². The first kappa shape index (κ1) is 20.2. The third kappa shape index (κ3) is 3.88. The van der Waals surface area contributed by atoms with E-state index < -0.39 is 11.6 Å². The maximum atomic E-state index is 13.1. The third-order valence-corrected chi connectivity index (χ3v) is 7.01. The minimum absolute atomic E-state index is 0.0336. The van der Waals surface area contributed by atoms with Crippen molar-refractivity contribution in [3.8, 4) is 0 Å². The molecule has 1 atom stereocenters. The van der Waals surface area contributed by atoms with E-state index in [9.17, 15) is 14.4 Å². The van der Waals surface area contributed by atoms with Gasteiger partial charge in [-0.3, -0.25) is 24.4 Å². The Morgan fingerprint density at radius 1 is 1.31 bits per heavy atom. The lowest BCUT2D eigenvalue weighted by molar-refractivity contribution is -0.131. The van der Waals surface area contributed by atoms with Crippen molar-refractivity contribution in [2.75, 3.05) is 17.2 Å². The molecule has 1 unspecified atom stereocenters. The summed E-state index contributed by atoms with van der Waals surface area (Å²) in [5.41, 5.74) is -0.0826. The summed E-state index contributed by atoms with van der Waals surface area (Å²) in [4.78, 5) is 45.6. The highest BCUT2D eigenvalue weighted by Gasteiger charge is 2.52. The van der Waals surface area contributed by atoms with Gasteiger partial charge < -0.3 is 5.32 Å². The fraction of sp³-hybridized carbons (Fsp3) is 0.500. The van der Waals surface area contributed by atoms with Gasteiger partial charge in [0.05, 0.1) is 11.7 Å². The van der Waals surface area contributed by atoms with E-state index in [1.54, 1.807) is 29.2 Å². The third-order valence-electron chi connectivity index (χ3n) is 5.56. The topological polar surface area (TPSA) is 82.1 Å². The molecule has 1 saturated carbocycles. The van der Waals surface area contributed by atoms with Crippen LogP contribution in [0.25, 0.3) is 0 Å². The van der Waals surface area contributed by atoms with Crippen LogP contribution < -0.4 is 10.2 Å². The fourth-order valence-electron chi connectivity index (χ4n) is 4.05. The summed E-state index contributed by atoms with van der Waals surface area (Å²) < 4.78 is 0. The zero-order valence-electron chi connectivity index (χ0n) is 16.2. The van der Waals surface area contributed by atoms with Gasteiger partial charge in [0.25, 0.3) is 5.91 Å². The monoisotopic (exact) mass is 434 g/mol. The molecule has 2 aliphatic heterocycles. The van der Waals surface area contributed by atoms with Crippen molar-refractivity contribution in [2.24, 2.45) is 4.99 Å². The van der Waals surface area contributed by atoms with Gasteiger partial charge in [-0.1, -0.05) is 36.2 Å². The molecule has 4 rings (SSSR count). The lowest BCUT2D eigenvalue weighted by Crippen LogP contribution is -2.44. The number of hydrogen-bond acceptors (Lipinski definition) is 5. The summed E-state index contributed by atoms with van der Waals surface area (Å²) in [6.07, 6.45) is 3.23. The van der Waals surface area contributed by atoms with Crippen LogP contribution in [0, 0.1) is 0 Å². The predicted molar refractivity (Wildman–Crippen MR) is 114 cm³/mol. The molecule has 1 aromatic rings. The summed E-state index contributed by atoms with van der Waals surface area (Å²) in [6, 6.07) is 6.72. The van der Waals surface area contributed by atoms with Crippen LogP contribution in [0.15, 0.2) is 29.3 Å². The number of urea groups is 1. The van der Waals surface area contributed by atoms with Crippen LogP contribution in [0.2, 0.25) is 5.02 Å². The molecule has 1 aliphatic carbocycles. The maximum Gasteiger partial charge on any atom is 0.325 e. The van der Waals surface area contributed by atoms with Gasteiger partial charge in [0, 0.05) is 23.7 Å². The molecule has 1 aromatic carbocycles. The van der Waals surface area contributed by atoms with Crippen LogP contribution >= 0.6 is 23.4 Å². The van der Waals surface area contributed by atoms with Gasteiger partial charge >= 0.3 is 6.03 Å². The molecule has 3 aliphatic rings. The highest BCUT2D eigenvalue weighted by molar-refractivity contribution is 8.14. The Balaban J connectivity index is 1.50. The number of imide groups is 1. The van der Waals surface area contributed by atoms with Gasteiger partial charge in [0.2, 0.25) is 5.91 Å². The first-order chi connectivity index (χ1) is 13.9. The molecule has 1 saturated heterocycles. The van der Waals surface area contributed by atoms with E-state index in [0.717, 1.165) is 18.6 Å². The van der Waals surface area contributed by atoms with E-state index >= 15 is 0 Å². The molecular weight excluding hydrogens is 412 g/mol. The van der Waals surface area contributed by atoms with E-state index in [4.69, 9.17) is 11.6 Å². The van der Waals surface area contributed by atoms with Crippen molar-refractivity contribution in [3.63, 3.8) is 0 Å². The van der Waals surface area contributed by atoms with Crippen LogP contribution in [0.4, 0.5) is 10.5 Å². The molecule has 9 heteroatoms. The smallest absolute Gasteiger partial charge is 0.323 e. The van der Waals surface area contributed by atoms with E-state index in [1.807, 2.05) is 6.92 Å². The second-order valence-corrected chi connectivity index (χ2v) is 9.13. The summed E-state index contributed by atoms with van der Waals surface area (Å²) in [5.74, 6) is 0.398. The first-order valence-electron chi connectivity index (χ1n) is 9.83. The van der Waals surface area contributed by atoms with Gasteiger partial charge in [-0.05, 0) is 44.0 Å². The predicted octanol–water partition coefficient (Wildman–Crippen LogP) is 3.42. The number of amidine groups is 1. The number of thioether (sulfide) groups is 1. The number of hydrogen-bond donors (Lipinski definition) is 1. The quantitative estimate of drug-likeness (QED) is 0.736. The first-order valence-corrected chi connectivity index (χ1v) is 11.2. The molecule has 154 valence electrons. The van der Waals surface area contributed by atoms with Crippen LogP contribution in [0.5, 0.6) is 0 Å². The second kappa shape index (κ2) is 7.99. The molecule has 4 amide bonds. The largest absolute Gasteiger partial charge is 0.325 e. The lowest BCUT2D eigenvalue weighted by Gasteiger charge is -2.23. The van der Waals surface area contributed by atoms with Gasteiger partial charge in [0.15, 0.2) is 5.17 Å². The van der Waals surface area contributed by atoms with Crippen LogP contribution in [-0.4, -0.2) is 51.8 Å². The number of carbonyl (C=O) groups excluding carboxylic acids is 3. The molecule has 0 aromatic heterocycles. The van der Waals surface area contributed by atoms with Gasteiger partial charge in [-0.2, -0.15) is 0 Å². The van der Waals surface area contributed by atoms with Crippen LogP contribution in [-0.2, 0) is 9.59 Å². The molecule has 2 fully saturated rings. The summed E-state index contributed by atoms with van der Waals surface area (Å²) >= 11 is 7.51. The van der Waals surface area contributed by atoms with E-state index in [1.165, 1.54) is 16.7 Å². The minimum atomic E-state index is -0.753. The number of nitrogens with zero attached hydrogens (tertiary/aromatic N) is 3. The average Bonchev–Trinajstić information content (AvgIpc) is 3.38. The zero-order chi connectivity index (χ0) is 20.6. The number of benzene rings is 1. The standard InChI is InChI=1S/C20H23ClN4O3S/c1-13-12-29-19(22-13)25(15-6-4-14(21)5-7-15)16(26)8-11-24-17(27)20(23-18(24)28)9-2-3-10-20/h4-7,13H,2-3,8-12H2,1H3,(H,23,28). The summed E-state index contributed by atoms with van der Waals surface area (Å²) in [6.45, 7) is 2.06. The van der Waals surface area contributed by atoms with Crippen LogP contribution in [0.3, 0.4) is 0 Å². The van der Waals surface area contributed by atoms with E-state index in [2.05, 4.69) is 10.3 Å². The molecule has 1 spiro atoms.